The van der Waals surface area contributed by atoms with Gasteiger partial charge in [0.2, 0.25) is 5.91 Å². The van der Waals surface area contributed by atoms with Crippen LogP contribution in [0.2, 0.25) is 0 Å². The van der Waals surface area contributed by atoms with Gasteiger partial charge in [0.15, 0.2) is 0 Å². The number of carbonyl (C=O) groups is 1. The molecule has 13 heavy (non-hydrogen) atoms. The SMILES string of the molecule is CCNC(CCCCNC)C(N)=O. The standard InChI is InChI=1S/C9H21N3O/c1-3-12-8(9(10)13)6-4-5-7-11-2/h8,11-12H,3-7H2,1-2H3,(H2,10,13). The zero-order chi connectivity index (χ0) is 10.1. The van der Waals surface area contributed by atoms with Crippen LogP contribution in [0.25, 0.3) is 0 Å². The predicted molar refractivity (Wildman–Crippen MR) is 54.4 cm³/mol. The second-order valence-corrected chi connectivity index (χ2v) is 3.11. The van der Waals surface area contributed by atoms with E-state index in [1.165, 1.54) is 0 Å². The largest absolute Gasteiger partial charge is 0.368 e. The molecule has 0 aromatic rings. The van der Waals surface area contributed by atoms with Crippen LogP contribution in [0, 0.1) is 0 Å². The summed E-state index contributed by atoms with van der Waals surface area (Å²) in [6.45, 7) is 3.76. The van der Waals surface area contributed by atoms with Crippen LogP contribution in [0.3, 0.4) is 0 Å². The van der Waals surface area contributed by atoms with Crippen molar-refractivity contribution in [2.24, 2.45) is 5.73 Å². The van der Waals surface area contributed by atoms with Crippen molar-refractivity contribution in [1.29, 1.82) is 0 Å². The summed E-state index contributed by atoms with van der Waals surface area (Å²) < 4.78 is 0. The van der Waals surface area contributed by atoms with Gasteiger partial charge >= 0.3 is 0 Å². The first kappa shape index (κ1) is 12.4. The highest BCUT2D eigenvalue weighted by Gasteiger charge is 2.12. The van der Waals surface area contributed by atoms with Crippen LogP contribution in [0.1, 0.15) is 26.2 Å². The Bertz CT molecular complexity index is 139. The van der Waals surface area contributed by atoms with Gasteiger partial charge in [0.05, 0.1) is 6.04 Å². The van der Waals surface area contributed by atoms with Crippen molar-refractivity contribution in [2.45, 2.75) is 32.2 Å². The summed E-state index contributed by atoms with van der Waals surface area (Å²) in [5.41, 5.74) is 5.22. The van der Waals surface area contributed by atoms with Gasteiger partial charge in [-0.15, -0.1) is 0 Å². The molecule has 0 rings (SSSR count). The number of nitrogens with one attached hydrogen (secondary N) is 2. The maximum absolute atomic E-state index is 10.9. The number of carbonyl (C=O) groups excluding carboxylic acids is 1. The highest BCUT2D eigenvalue weighted by molar-refractivity contribution is 5.79. The van der Waals surface area contributed by atoms with Gasteiger partial charge in [-0.3, -0.25) is 4.79 Å². The topological polar surface area (TPSA) is 67.2 Å². The summed E-state index contributed by atoms with van der Waals surface area (Å²) in [6, 6.07) is -0.151. The van der Waals surface area contributed by atoms with Gasteiger partial charge < -0.3 is 16.4 Å². The molecule has 0 aliphatic carbocycles. The highest BCUT2D eigenvalue weighted by atomic mass is 16.1. The molecule has 0 fully saturated rings. The molecule has 0 aromatic heterocycles. The van der Waals surface area contributed by atoms with Crippen LogP contribution < -0.4 is 16.4 Å². The minimum atomic E-state index is -0.244. The van der Waals surface area contributed by atoms with Crippen LogP contribution in [0.15, 0.2) is 0 Å². The Hall–Kier alpha value is -0.610. The molecule has 78 valence electrons. The average molecular weight is 187 g/mol. The first-order valence-electron chi connectivity index (χ1n) is 4.89. The van der Waals surface area contributed by atoms with E-state index in [1.807, 2.05) is 14.0 Å². The first-order chi connectivity index (χ1) is 6.22. The van der Waals surface area contributed by atoms with Crippen molar-refractivity contribution in [3.8, 4) is 0 Å². The van der Waals surface area contributed by atoms with E-state index < -0.39 is 0 Å². The third kappa shape index (κ3) is 6.54. The molecular formula is C9H21N3O. The fourth-order valence-electron chi connectivity index (χ4n) is 1.24. The van der Waals surface area contributed by atoms with E-state index in [-0.39, 0.29) is 11.9 Å². The van der Waals surface area contributed by atoms with E-state index in [0.29, 0.717) is 0 Å². The van der Waals surface area contributed by atoms with E-state index >= 15 is 0 Å². The molecule has 0 aliphatic heterocycles. The Kier molecular flexibility index (Phi) is 7.63. The van der Waals surface area contributed by atoms with Crippen LogP contribution in [0.5, 0.6) is 0 Å². The quantitative estimate of drug-likeness (QED) is 0.463. The van der Waals surface area contributed by atoms with Gasteiger partial charge in [0.25, 0.3) is 0 Å². The van der Waals surface area contributed by atoms with Gasteiger partial charge in [-0.1, -0.05) is 13.3 Å². The lowest BCUT2D eigenvalue weighted by atomic mass is 10.1. The van der Waals surface area contributed by atoms with Crippen molar-refractivity contribution in [3.63, 3.8) is 0 Å². The van der Waals surface area contributed by atoms with E-state index in [1.54, 1.807) is 0 Å². The molecule has 0 saturated carbocycles. The Morgan fingerprint density at radius 1 is 1.46 bits per heavy atom. The zero-order valence-corrected chi connectivity index (χ0v) is 8.60. The third-order valence-electron chi connectivity index (χ3n) is 1.96. The molecule has 1 unspecified atom stereocenters. The molecule has 1 amide bonds. The summed E-state index contributed by atoms with van der Waals surface area (Å²) in [5.74, 6) is -0.244. The Morgan fingerprint density at radius 2 is 2.15 bits per heavy atom. The Balaban J connectivity index is 3.51. The lowest BCUT2D eigenvalue weighted by Crippen LogP contribution is -2.41. The lowest BCUT2D eigenvalue weighted by molar-refractivity contribution is -0.120. The molecule has 1 atom stereocenters. The van der Waals surface area contributed by atoms with Gasteiger partial charge in [-0.25, -0.2) is 0 Å². The number of amides is 1. The normalized spacial score (nSPS) is 12.8. The van der Waals surface area contributed by atoms with Gasteiger partial charge in [-0.05, 0) is 33.0 Å². The van der Waals surface area contributed by atoms with E-state index in [9.17, 15) is 4.79 Å². The molecule has 0 heterocycles. The number of primary amides is 1. The number of likely N-dealkylation sites (N-methyl/N-ethyl adjacent to an activating group) is 1. The lowest BCUT2D eigenvalue weighted by Gasteiger charge is -2.13. The Labute approximate surface area is 80.3 Å². The molecule has 0 radical (unpaired) electrons. The second kappa shape index (κ2) is 8.01. The predicted octanol–water partition coefficient (Wildman–Crippen LogP) is -0.160. The number of hydrogen-bond donors (Lipinski definition) is 3. The van der Waals surface area contributed by atoms with Gasteiger partial charge in [0, 0.05) is 0 Å². The summed E-state index contributed by atoms with van der Waals surface area (Å²) in [6.07, 6.45) is 2.96. The molecular weight excluding hydrogens is 166 g/mol. The summed E-state index contributed by atoms with van der Waals surface area (Å²) in [7, 11) is 1.93. The maximum atomic E-state index is 10.9. The molecule has 4 N–H and O–H groups in total. The van der Waals surface area contributed by atoms with Crippen molar-refractivity contribution in [3.05, 3.63) is 0 Å². The number of rotatable bonds is 8. The second-order valence-electron chi connectivity index (χ2n) is 3.11. The molecule has 4 nitrogen and oxygen atoms in total. The van der Waals surface area contributed by atoms with Crippen molar-refractivity contribution < 1.29 is 4.79 Å². The van der Waals surface area contributed by atoms with E-state index in [4.69, 9.17) is 5.73 Å². The minimum absolute atomic E-state index is 0.151. The van der Waals surface area contributed by atoms with E-state index in [0.717, 1.165) is 32.4 Å². The monoisotopic (exact) mass is 187 g/mol. The fourth-order valence-corrected chi connectivity index (χ4v) is 1.24. The van der Waals surface area contributed by atoms with Crippen LogP contribution >= 0.6 is 0 Å². The fraction of sp³-hybridized carbons (Fsp3) is 0.889. The highest BCUT2D eigenvalue weighted by Crippen LogP contribution is 1.99. The van der Waals surface area contributed by atoms with Crippen molar-refractivity contribution >= 4 is 5.91 Å². The molecule has 4 heteroatoms. The zero-order valence-electron chi connectivity index (χ0n) is 8.60. The molecule has 0 bridgehead atoms. The first-order valence-corrected chi connectivity index (χ1v) is 4.89. The number of unbranched alkanes of at least 4 members (excludes halogenated alkanes) is 1. The van der Waals surface area contributed by atoms with Crippen LogP contribution in [0.4, 0.5) is 0 Å². The molecule has 0 saturated heterocycles. The van der Waals surface area contributed by atoms with Gasteiger partial charge in [0.1, 0.15) is 0 Å². The summed E-state index contributed by atoms with van der Waals surface area (Å²) in [4.78, 5) is 10.9. The van der Waals surface area contributed by atoms with Gasteiger partial charge in [-0.2, -0.15) is 0 Å². The molecule has 0 spiro atoms. The van der Waals surface area contributed by atoms with Crippen molar-refractivity contribution in [1.82, 2.24) is 10.6 Å². The summed E-state index contributed by atoms with van der Waals surface area (Å²) in [5, 5.41) is 6.13. The number of hydrogen-bond acceptors (Lipinski definition) is 3. The summed E-state index contributed by atoms with van der Waals surface area (Å²) >= 11 is 0. The Morgan fingerprint density at radius 3 is 2.62 bits per heavy atom. The molecule has 0 aliphatic rings. The smallest absolute Gasteiger partial charge is 0.234 e. The minimum Gasteiger partial charge on any atom is -0.368 e. The maximum Gasteiger partial charge on any atom is 0.234 e. The molecule has 0 aromatic carbocycles. The average Bonchev–Trinajstić information content (AvgIpc) is 2.10. The van der Waals surface area contributed by atoms with Crippen LogP contribution in [-0.4, -0.2) is 32.1 Å². The van der Waals surface area contributed by atoms with Crippen molar-refractivity contribution in [2.75, 3.05) is 20.1 Å². The van der Waals surface area contributed by atoms with Crippen LogP contribution in [-0.2, 0) is 4.79 Å². The third-order valence-corrected chi connectivity index (χ3v) is 1.96. The van der Waals surface area contributed by atoms with E-state index in [2.05, 4.69) is 10.6 Å². The number of nitrogens with two attached hydrogens (primary N) is 1.